The van der Waals surface area contributed by atoms with Gasteiger partial charge < -0.3 is 10.6 Å². The van der Waals surface area contributed by atoms with Crippen molar-refractivity contribution in [2.75, 3.05) is 12.3 Å². The second-order valence-electron chi connectivity index (χ2n) is 5.15. The molecule has 2 heterocycles. The number of imide groups is 1. The van der Waals surface area contributed by atoms with Gasteiger partial charge in [-0.25, -0.2) is 0 Å². The van der Waals surface area contributed by atoms with Crippen LogP contribution in [0, 0.1) is 0 Å². The predicted molar refractivity (Wildman–Crippen MR) is 70.6 cm³/mol. The molecule has 2 rings (SSSR count). The molecular formula is C12H17N5O3. The van der Waals surface area contributed by atoms with E-state index < -0.39 is 23.3 Å². The van der Waals surface area contributed by atoms with Crippen LogP contribution in [-0.2, 0) is 16.0 Å². The summed E-state index contributed by atoms with van der Waals surface area (Å²) in [6, 6.07) is 0. The Kier molecular flexibility index (Phi) is 3.24. The number of aromatic amines is 1. The highest BCUT2D eigenvalue weighted by atomic mass is 16.2. The first-order chi connectivity index (χ1) is 9.28. The van der Waals surface area contributed by atoms with E-state index in [1.165, 1.54) is 4.90 Å². The fraction of sp³-hybridized carbons (Fsp3) is 0.500. The summed E-state index contributed by atoms with van der Waals surface area (Å²) in [4.78, 5) is 37.0. The number of carbonyl (C=O) groups excluding carboxylic acids is 3. The normalized spacial score (nSPS) is 18.1. The molecule has 0 unspecified atom stereocenters. The molecule has 0 radical (unpaired) electrons. The first-order valence-corrected chi connectivity index (χ1v) is 6.28. The number of nitrogens with zero attached hydrogens (tertiary/aromatic N) is 2. The number of hydrogen-bond donors (Lipinski definition) is 3. The lowest BCUT2D eigenvalue weighted by Gasteiger charge is -2.39. The number of carbonyl (C=O) groups is 3. The molecular weight excluding hydrogens is 262 g/mol. The number of nitrogen functional groups attached to an aromatic ring is 1. The number of aromatic nitrogens is 2. The second kappa shape index (κ2) is 4.62. The van der Waals surface area contributed by atoms with Crippen LogP contribution in [0.5, 0.6) is 0 Å². The molecule has 1 saturated heterocycles. The van der Waals surface area contributed by atoms with Gasteiger partial charge in [0, 0.05) is 0 Å². The van der Waals surface area contributed by atoms with Gasteiger partial charge in [0.05, 0.1) is 11.4 Å². The van der Waals surface area contributed by atoms with Crippen molar-refractivity contribution in [2.45, 2.75) is 32.7 Å². The van der Waals surface area contributed by atoms with E-state index in [0.717, 1.165) is 0 Å². The van der Waals surface area contributed by atoms with E-state index in [9.17, 15) is 14.4 Å². The SMILES string of the molecule is CCc1[nH]nc(C(=O)N2CC(=O)NC(=O)C2(C)C)c1N. The van der Waals surface area contributed by atoms with Crippen LogP contribution < -0.4 is 11.1 Å². The largest absolute Gasteiger partial charge is 0.395 e. The number of aryl methyl sites for hydroxylation is 1. The Bertz CT molecular complexity index is 590. The minimum absolute atomic E-state index is 0.0393. The monoisotopic (exact) mass is 279 g/mol. The first kappa shape index (κ1) is 14.0. The van der Waals surface area contributed by atoms with Crippen molar-refractivity contribution < 1.29 is 14.4 Å². The lowest BCUT2D eigenvalue weighted by Crippen LogP contribution is -2.65. The minimum Gasteiger partial charge on any atom is -0.395 e. The number of rotatable bonds is 2. The molecule has 1 fully saturated rings. The van der Waals surface area contributed by atoms with Crippen LogP contribution in [-0.4, -0.2) is 44.9 Å². The molecule has 0 spiro atoms. The van der Waals surface area contributed by atoms with Crippen LogP contribution in [0.4, 0.5) is 5.69 Å². The number of H-pyrrole nitrogens is 1. The second-order valence-corrected chi connectivity index (χ2v) is 5.15. The standard InChI is InChI=1S/C12H17N5O3/c1-4-6-8(13)9(16-15-6)10(19)17-5-7(18)14-11(20)12(17,2)3/h4-5,13H2,1-3H3,(H,15,16)(H,14,18,20). The van der Waals surface area contributed by atoms with Gasteiger partial charge in [-0.3, -0.25) is 24.8 Å². The smallest absolute Gasteiger partial charge is 0.277 e. The summed E-state index contributed by atoms with van der Waals surface area (Å²) in [5.74, 6) is -1.58. The Hall–Kier alpha value is -2.38. The molecule has 0 aliphatic carbocycles. The first-order valence-electron chi connectivity index (χ1n) is 6.28. The molecule has 20 heavy (non-hydrogen) atoms. The highest BCUT2D eigenvalue weighted by molar-refractivity contribution is 6.09. The predicted octanol–water partition coefficient (Wildman–Crippen LogP) is -0.568. The third-order valence-corrected chi connectivity index (χ3v) is 3.47. The number of hydrogen-bond acceptors (Lipinski definition) is 5. The van der Waals surface area contributed by atoms with Gasteiger partial charge in [-0.15, -0.1) is 0 Å². The van der Waals surface area contributed by atoms with Crippen molar-refractivity contribution in [3.05, 3.63) is 11.4 Å². The van der Waals surface area contributed by atoms with Gasteiger partial charge in [-0.1, -0.05) is 6.92 Å². The zero-order chi connectivity index (χ0) is 15.1. The molecule has 1 aromatic heterocycles. The summed E-state index contributed by atoms with van der Waals surface area (Å²) in [6.07, 6.45) is 0.606. The summed E-state index contributed by atoms with van der Waals surface area (Å²) >= 11 is 0. The Labute approximate surface area is 115 Å². The van der Waals surface area contributed by atoms with E-state index in [0.29, 0.717) is 12.1 Å². The minimum atomic E-state index is -1.14. The van der Waals surface area contributed by atoms with E-state index in [4.69, 9.17) is 5.73 Å². The number of amides is 3. The fourth-order valence-electron chi connectivity index (χ4n) is 2.06. The molecule has 1 aliphatic rings. The van der Waals surface area contributed by atoms with E-state index in [-0.39, 0.29) is 17.9 Å². The van der Waals surface area contributed by atoms with Crippen LogP contribution in [0.3, 0.4) is 0 Å². The lowest BCUT2D eigenvalue weighted by atomic mass is 9.98. The van der Waals surface area contributed by atoms with Gasteiger partial charge in [0.2, 0.25) is 5.91 Å². The molecule has 3 amide bonds. The maximum atomic E-state index is 12.5. The molecule has 108 valence electrons. The van der Waals surface area contributed by atoms with Crippen molar-refractivity contribution in [2.24, 2.45) is 0 Å². The van der Waals surface area contributed by atoms with Crippen LogP contribution >= 0.6 is 0 Å². The van der Waals surface area contributed by atoms with Gasteiger partial charge in [-0.2, -0.15) is 5.10 Å². The van der Waals surface area contributed by atoms with Crippen molar-refractivity contribution in [3.63, 3.8) is 0 Å². The number of anilines is 1. The Morgan fingerprint density at radius 1 is 1.45 bits per heavy atom. The average Bonchev–Trinajstić information content (AvgIpc) is 2.74. The summed E-state index contributed by atoms with van der Waals surface area (Å²) in [5, 5.41) is 8.78. The maximum Gasteiger partial charge on any atom is 0.277 e. The molecule has 0 bridgehead atoms. The maximum absolute atomic E-state index is 12.5. The van der Waals surface area contributed by atoms with E-state index in [1.807, 2.05) is 6.92 Å². The Morgan fingerprint density at radius 3 is 2.65 bits per heavy atom. The van der Waals surface area contributed by atoms with Crippen molar-refractivity contribution in [1.82, 2.24) is 20.4 Å². The third-order valence-electron chi connectivity index (χ3n) is 3.47. The summed E-state index contributed by atoms with van der Waals surface area (Å²) in [5.41, 5.74) is 5.66. The van der Waals surface area contributed by atoms with Crippen molar-refractivity contribution in [1.29, 1.82) is 0 Å². The average molecular weight is 279 g/mol. The van der Waals surface area contributed by atoms with Crippen LogP contribution in [0.25, 0.3) is 0 Å². The van der Waals surface area contributed by atoms with Gasteiger partial charge in [0.1, 0.15) is 12.1 Å². The van der Waals surface area contributed by atoms with Gasteiger partial charge >= 0.3 is 0 Å². The molecule has 4 N–H and O–H groups in total. The van der Waals surface area contributed by atoms with Gasteiger partial charge in [0.25, 0.3) is 11.8 Å². The summed E-state index contributed by atoms with van der Waals surface area (Å²) < 4.78 is 0. The van der Waals surface area contributed by atoms with E-state index in [2.05, 4.69) is 15.5 Å². The van der Waals surface area contributed by atoms with Crippen LogP contribution in [0.1, 0.15) is 37.0 Å². The Balaban J connectivity index is 2.38. The molecule has 0 aromatic carbocycles. The summed E-state index contributed by atoms with van der Waals surface area (Å²) in [6.45, 7) is 4.80. The molecule has 1 aromatic rings. The number of nitrogens with two attached hydrogens (primary N) is 1. The molecule has 0 saturated carbocycles. The molecule has 0 atom stereocenters. The van der Waals surface area contributed by atoms with Crippen LogP contribution in [0.2, 0.25) is 0 Å². The molecule has 1 aliphatic heterocycles. The van der Waals surface area contributed by atoms with Crippen molar-refractivity contribution >= 4 is 23.4 Å². The number of piperazine rings is 1. The zero-order valence-electron chi connectivity index (χ0n) is 11.6. The highest BCUT2D eigenvalue weighted by Crippen LogP contribution is 2.23. The Morgan fingerprint density at radius 2 is 2.10 bits per heavy atom. The van der Waals surface area contributed by atoms with E-state index >= 15 is 0 Å². The quantitative estimate of drug-likeness (QED) is 0.626. The van der Waals surface area contributed by atoms with Gasteiger partial charge in [-0.05, 0) is 20.3 Å². The zero-order valence-corrected chi connectivity index (χ0v) is 11.6. The topological polar surface area (TPSA) is 121 Å². The van der Waals surface area contributed by atoms with Gasteiger partial charge in [0.15, 0.2) is 5.69 Å². The van der Waals surface area contributed by atoms with Crippen molar-refractivity contribution in [3.8, 4) is 0 Å². The molecule has 8 nitrogen and oxygen atoms in total. The van der Waals surface area contributed by atoms with Crippen LogP contribution in [0.15, 0.2) is 0 Å². The third kappa shape index (κ3) is 2.02. The summed E-state index contributed by atoms with van der Waals surface area (Å²) in [7, 11) is 0. The highest BCUT2D eigenvalue weighted by Gasteiger charge is 2.44. The van der Waals surface area contributed by atoms with E-state index in [1.54, 1.807) is 13.8 Å². The lowest BCUT2D eigenvalue weighted by molar-refractivity contribution is -0.143. The molecule has 8 heteroatoms. The fourth-order valence-corrected chi connectivity index (χ4v) is 2.06. The number of nitrogens with one attached hydrogen (secondary N) is 2.